The molecule has 1 saturated carbocycles. The van der Waals surface area contributed by atoms with Crippen molar-refractivity contribution in [3.63, 3.8) is 0 Å². The molecule has 1 aliphatic carbocycles. The van der Waals surface area contributed by atoms with Crippen LogP contribution in [0.2, 0.25) is 0 Å². The lowest BCUT2D eigenvalue weighted by atomic mass is 9.86. The van der Waals surface area contributed by atoms with E-state index >= 15 is 0 Å². The highest BCUT2D eigenvalue weighted by molar-refractivity contribution is 5.42. The molecule has 1 aliphatic heterocycles. The maximum atomic E-state index is 5.43. The summed E-state index contributed by atoms with van der Waals surface area (Å²) < 4.78 is 10.8. The van der Waals surface area contributed by atoms with E-state index in [2.05, 4.69) is 19.1 Å². The third kappa shape index (κ3) is 4.22. The molecule has 0 bridgehead atoms. The van der Waals surface area contributed by atoms with Gasteiger partial charge in [-0.05, 0) is 37.0 Å². The first-order valence-electron chi connectivity index (χ1n) is 9.58. The van der Waals surface area contributed by atoms with Gasteiger partial charge >= 0.3 is 0 Å². The highest BCUT2D eigenvalue weighted by atomic mass is 16.5. The van der Waals surface area contributed by atoms with Gasteiger partial charge in [0.2, 0.25) is 0 Å². The number of hydrogen-bond acceptors (Lipinski definition) is 2. The monoisotopic (exact) mass is 334 g/mol. The molecule has 0 aromatic heterocycles. The topological polar surface area (TPSA) is 27.3 Å². The van der Waals surface area contributed by atoms with Crippen LogP contribution in [-0.2, 0) is 6.54 Å². The Morgan fingerprint density at radius 1 is 1.00 bits per heavy atom. The minimum absolute atomic E-state index is 0.817. The van der Waals surface area contributed by atoms with Gasteiger partial charge in [0.25, 0.3) is 0 Å². The largest absolute Gasteiger partial charge is 0.493 e. The third-order valence-corrected chi connectivity index (χ3v) is 6.02. The molecule has 1 saturated heterocycles. The number of hydrogen-bond donors (Lipinski definition) is 2. The first-order valence-corrected chi connectivity index (χ1v) is 9.58. The lowest BCUT2D eigenvalue weighted by Gasteiger charge is -2.37. The minimum atomic E-state index is 0.817. The summed E-state index contributed by atoms with van der Waals surface area (Å²) in [5, 5.41) is 0. The van der Waals surface area contributed by atoms with Gasteiger partial charge < -0.3 is 19.3 Å². The molecule has 0 amide bonds. The van der Waals surface area contributed by atoms with Gasteiger partial charge in [-0.1, -0.05) is 13.3 Å². The number of piperazine rings is 1. The zero-order valence-corrected chi connectivity index (χ0v) is 15.6. The average molecular weight is 335 g/mol. The summed E-state index contributed by atoms with van der Waals surface area (Å²) in [6.07, 6.45) is 5.78. The van der Waals surface area contributed by atoms with Crippen molar-refractivity contribution in [2.75, 3.05) is 40.4 Å². The first-order chi connectivity index (χ1) is 11.7. The van der Waals surface area contributed by atoms with Gasteiger partial charge in [-0.25, -0.2) is 0 Å². The fourth-order valence-electron chi connectivity index (χ4n) is 4.59. The Hall–Kier alpha value is -1.26. The third-order valence-electron chi connectivity index (χ3n) is 6.02. The minimum Gasteiger partial charge on any atom is -0.493 e. The van der Waals surface area contributed by atoms with Gasteiger partial charge in [0.05, 0.1) is 20.3 Å². The van der Waals surface area contributed by atoms with Gasteiger partial charge in [-0.2, -0.15) is 0 Å². The second-order valence-electron chi connectivity index (χ2n) is 7.74. The van der Waals surface area contributed by atoms with Crippen molar-refractivity contribution in [3.8, 4) is 11.5 Å². The van der Waals surface area contributed by atoms with Crippen LogP contribution in [0.1, 0.15) is 38.2 Å². The molecular formula is C20H34N2O2+2. The number of nitrogens with one attached hydrogen (secondary N) is 2. The molecule has 2 aliphatic rings. The molecule has 2 N–H and O–H groups in total. The van der Waals surface area contributed by atoms with E-state index in [4.69, 9.17) is 9.47 Å². The van der Waals surface area contributed by atoms with E-state index in [1.807, 2.05) is 11.0 Å². The van der Waals surface area contributed by atoms with Crippen LogP contribution in [-0.4, -0.2) is 46.4 Å². The molecule has 134 valence electrons. The standard InChI is InChI=1S/C20H32N2O2/c1-16-5-4-6-18(13-16)22-11-9-21(10-12-22)15-17-7-8-19(23-2)20(14-17)24-3/h7-8,14,16,18H,4-6,9-13,15H2,1-3H3/p+2/t16-,18-/m0/s1. The molecule has 1 heterocycles. The average Bonchev–Trinajstić information content (AvgIpc) is 2.62. The number of methoxy groups -OCH3 is 2. The summed E-state index contributed by atoms with van der Waals surface area (Å²) >= 11 is 0. The fraction of sp³-hybridized carbons (Fsp3) is 0.700. The summed E-state index contributed by atoms with van der Waals surface area (Å²) in [7, 11) is 3.40. The number of rotatable bonds is 5. The van der Waals surface area contributed by atoms with Gasteiger partial charge in [0.15, 0.2) is 11.5 Å². The molecule has 2 atom stereocenters. The first kappa shape index (κ1) is 17.6. The Labute approximate surface area is 146 Å². The van der Waals surface area contributed by atoms with Gasteiger partial charge in [-0.15, -0.1) is 0 Å². The van der Waals surface area contributed by atoms with Crippen molar-refractivity contribution in [1.82, 2.24) is 0 Å². The molecule has 3 rings (SSSR count). The van der Waals surface area contributed by atoms with E-state index in [9.17, 15) is 0 Å². The predicted octanol–water partition coefficient (Wildman–Crippen LogP) is 0.566. The van der Waals surface area contributed by atoms with Crippen molar-refractivity contribution < 1.29 is 19.3 Å². The van der Waals surface area contributed by atoms with Crippen molar-refractivity contribution in [3.05, 3.63) is 23.8 Å². The molecule has 0 spiro atoms. The molecule has 2 fully saturated rings. The Bertz CT molecular complexity index is 526. The van der Waals surface area contributed by atoms with Gasteiger partial charge in [-0.3, -0.25) is 0 Å². The lowest BCUT2D eigenvalue weighted by Crippen LogP contribution is -3.29. The van der Waals surface area contributed by atoms with Crippen molar-refractivity contribution in [2.24, 2.45) is 5.92 Å². The van der Waals surface area contributed by atoms with Gasteiger partial charge in [0.1, 0.15) is 32.7 Å². The van der Waals surface area contributed by atoms with Crippen LogP contribution in [0.5, 0.6) is 11.5 Å². The molecule has 1 aromatic rings. The molecule has 4 nitrogen and oxygen atoms in total. The molecule has 4 heteroatoms. The van der Waals surface area contributed by atoms with E-state index in [1.165, 1.54) is 57.4 Å². The summed E-state index contributed by atoms with van der Waals surface area (Å²) in [5.41, 5.74) is 1.34. The quantitative estimate of drug-likeness (QED) is 0.824. The molecule has 0 unspecified atom stereocenters. The Morgan fingerprint density at radius 3 is 2.42 bits per heavy atom. The molecule has 0 radical (unpaired) electrons. The van der Waals surface area contributed by atoms with Gasteiger partial charge in [0, 0.05) is 12.0 Å². The van der Waals surface area contributed by atoms with E-state index in [-0.39, 0.29) is 0 Å². The summed E-state index contributed by atoms with van der Waals surface area (Å²) in [6.45, 7) is 8.77. The highest BCUT2D eigenvalue weighted by Crippen LogP contribution is 2.27. The van der Waals surface area contributed by atoms with Crippen LogP contribution in [0.4, 0.5) is 0 Å². The SMILES string of the molecule is COc1ccc(C[NH+]2CC[NH+]([C@H]3CCC[C@H](C)C3)CC2)cc1OC. The molecule has 1 aromatic carbocycles. The zero-order valence-electron chi connectivity index (χ0n) is 15.6. The second kappa shape index (κ2) is 8.21. The van der Waals surface area contributed by atoms with E-state index in [0.717, 1.165) is 30.0 Å². The number of benzene rings is 1. The van der Waals surface area contributed by atoms with Crippen LogP contribution in [0.25, 0.3) is 0 Å². The summed E-state index contributed by atoms with van der Waals surface area (Å²) in [6, 6.07) is 7.26. The fourth-order valence-corrected chi connectivity index (χ4v) is 4.59. The second-order valence-corrected chi connectivity index (χ2v) is 7.74. The number of ether oxygens (including phenoxy) is 2. The van der Waals surface area contributed by atoms with Crippen molar-refractivity contribution >= 4 is 0 Å². The van der Waals surface area contributed by atoms with E-state index in [0.29, 0.717) is 0 Å². The van der Waals surface area contributed by atoms with Crippen molar-refractivity contribution in [2.45, 2.75) is 45.2 Å². The van der Waals surface area contributed by atoms with Crippen molar-refractivity contribution in [1.29, 1.82) is 0 Å². The smallest absolute Gasteiger partial charge is 0.161 e. The maximum absolute atomic E-state index is 5.43. The highest BCUT2D eigenvalue weighted by Gasteiger charge is 2.32. The zero-order chi connectivity index (χ0) is 16.9. The number of quaternary nitrogens is 2. The summed E-state index contributed by atoms with van der Waals surface area (Å²) in [4.78, 5) is 3.58. The normalized spacial score (nSPS) is 30.8. The Balaban J connectivity index is 1.52. The van der Waals surface area contributed by atoms with E-state index in [1.54, 1.807) is 19.1 Å². The van der Waals surface area contributed by atoms with Crippen LogP contribution in [0.3, 0.4) is 0 Å². The van der Waals surface area contributed by atoms with Crippen LogP contribution < -0.4 is 19.3 Å². The Morgan fingerprint density at radius 2 is 1.75 bits per heavy atom. The van der Waals surface area contributed by atoms with Crippen LogP contribution >= 0.6 is 0 Å². The predicted molar refractivity (Wildman–Crippen MR) is 96.1 cm³/mol. The maximum Gasteiger partial charge on any atom is 0.161 e. The summed E-state index contributed by atoms with van der Waals surface area (Å²) in [5.74, 6) is 2.60. The van der Waals surface area contributed by atoms with Crippen LogP contribution in [0.15, 0.2) is 18.2 Å². The lowest BCUT2D eigenvalue weighted by molar-refractivity contribution is -1.03. The Kier molecular flexibility index (Phi) is 6.01. The van der Waals surface area contributed by atoms with E-state index < -0.39 is 0 Å². The van der Waals surface area contributed by atoms with Crippen LogP contribution in [0, 0.1) is 5.92 Å². The molecule has 24 heavy (non-hydrogen) atoms. The molecular weight excluding hydrogens is 300 g/mol.